The average molecular weight is 293 g/mol. The lowest BCUT2D eigenvalue weighted by Gasteiger charge is -2.19. The molecule has 0 aliphatic rings. The van der Waals surface area contributed by atoms with Crippen LogP contribution in [0.25, 0.3) is 0 Å². The molecule has 2 aromatic rings. The third kappa shape index (κ3) is 2.61. The van der Waals surface area contributed by atoms with E-state index in [4.69, 9.17) is 5.73 Å². The third-order valence-corrected chi connectivity index (χ3v) is 3.80. The highest BCUT2D eigenvalue weighted by atomic mass is 79.9. The van der Waals surface area contributed by atoms with Crippen LogP contribution in [0.3, 0.4) is 0 Å². The summed E-state index contributed by atoms with van der Waals surface area (Å²) in [4.78, 5) is 0. The van der Waals surface area contributed by atoms with Crippen LogP contribution in [0.4, 0.5) is 0 Å². The quantitative estimate of drug-likeness (QED) is 0.921. The fourth-order valence-corrected chi connectivity index (χ4v) is 2.78. The van der Waals surface area contributed by atoms with Crippen LogP contribution in [-0.2, 0) is 7.05 Å². The van der Waals surface area contributed by atoms with Crippen molar-refractivity contribution in [3.8, 4) is 0 Å². The second kappa shape index (κ2) is 5.52. The highest BCUT2D eigenvalue weighted by molar-refractivity contribution is 9.10. The number of hydrogen-bond acceptors (Lipinski definition) is 1. The Morgan fingerprint density at radius 3 is 2.59 bits per heavy atom. The van der Waals surface area contributed by atoms with E-state index in [1.807, 2.05) is 6.07 Å². The molecule has 2 N–H and O–H groups in total. The molecule has 90 valence electrons. The molecule has 0 saturated heterocycles. The van der Waals surface area contributed by atoms with Crippen molar-refractivity contribution < 1.29 is 0 Å². The minimum atomic E-state index is 0.357. The van der Waals surface area contributed by atoms with Crippen LogP contribution in [-0.4, -0.2) is 11.1 Å². The Bertz CT molecular complexity index is 490. The van der Waals surface area contributed by atoms with Gasteiger partial charge in [0.1, 0.15) is 0 Å². The molecule has 0 amide bonds. The maximum Gasteiger partial charge on any atom is 0.0266 e. The van der Waals surface area contributed by atoms with Crippen LogP contribution < -0.4 is 5.73 Å². The van der Waals surface area contributed by atoms with Crippen LogP contribution >= 0.6 is 15.9 Å². The highest BCUT2D eigenvalue weighted by Gasteiger charge is 2.17. The fourth-order valence-electron chi connectivity index (χ4n) is 2.22. The van der Waals surface area contributed by atoms with Crippen molar-refractivity contribution in [2.24, 2.45) is 12.8 Å². The van der Waals surface area contributed by atoms with E-state index in [1.54, 1.807) is 0 Å². The summed E-state index contributed by atoms with van der Waals surface area (Å²) in [5, 5.41) is 0. The zero-order chi connectivity index (χ0) is 12.3. The third-order valence-electron chi connectivity index (χ3n) is 3.08. The number of aryl methyl sites for hydroxylation is 1. The summed E-state index contributed by atoms with van der Waals surface area (Å²) < 4.78 is 3.32. The van der Waals surface area contributed by atoms with Crippen molar-refractivity contribution in [1.29, 1.82) is 0 Å². The summed E-state index contributed by atoms with van der Waals surface area (Å²) in [5.74, 6) is 0.357. The van der Waals surface area contributed by atoms with E-state index in [2.05, 4.69) is 64.1 Å². The lowest BCUT2D eigenvalue weighted by Crippen LogP contribution is -2.12. The van der Waals surface area contributed by atoms with Crippen LogP contribution in [0.2, 0.25) is 0 Å². The number of rotatable bonds is 4. The van der Waals surface area contributed by atoms with Crippen molar-refractivity contribution in [3.63, 3.8) is 0 Å². The zero-order valence-corrected chi connectivity index (χ0v) is 11.5. The molecule has 0 spiro atoms. The van der Waals surface area contributed by atoms with Crippen LogP contribution in [0.5, 0.6) is 0 Å². The molecule has 0 bridgehead atoms. The second-order valence-corrected chi connectivity index (χ2v) is 5.05. The van der Waals surface area contributed by atoms with Gasteiger partial charge in [-0.2, -0.15) is 0 Å². The van der Waals surface area contributed by atoms with Gasteiger partial charge in [-0.15, -0.1) is 0 Å². The Labute approximate surface area is 111 Å². The number of nitrogens with two attached hydrogens (primary N) is 1. The molecule has 1 aromatic carbocycles. The topological polar surface area (TPSA) is 30.9 Å². The number of nitrogens with zero attached hydrogens (tertiary/aromatic N) is 1. The van der Waals surface area contributed by atoms with Crippen molar-refractivity contribution >= 4 is 15.9 Å². The van der Waals surface area contributed by atoms with Gasteiger partial charge in [0.25, 0.3) is 0 Å². The molecule has 0 saturated carbocycles. The van der Waals surface area contributed by atoms with Crippen molar-refractivity contribution in [2.45, 2.75) is 12.3 Å². The minimum Gasteiger partial charge on any atom is -0.354 e. The molecular weight excluding hydrogens is 276 g/mol. The molecule has 2 rings (SSSR count). The van der Waals surface area contributed by atoms with Gasteiger partial charge in [-0.3, -0.25) is 0 Å². The number of halogens is 1. The van der Waals surface area contributed by atoms with Gasteiger partial charge < -0.3 is 10.3 Å². The number of hydrogen-bond donors (Lipinski definition) is 1. The van der Waals surface area contributed by atoms with Gasteiger partial charge in [-0.25, -0.2) is 0 Å². The molecule has 1 aromatic heterocycles. The predicted octanol–water partition coefficient (Wildman–Crippen LogP) is 3.27. The maximum absolute atomic E-state index is 5.75. The Balaban J connectivity index is 2.43. The monoisotopic (exact) mass is 292 g/mol. The van der Waals surface area contributed by atoms with E-state index < -0.39 is 0 Å². The van der Waals surface area contributed by atoms with Crippen LogP contribution in [0, 0.1) is 0 Å². The van der Waals surface area contributed by atoms with Gasteiger partial charge in [0.05, 0.1) is 0 Å². The van der Waals surface area contributed by atoms with Crippen molar-refractivity contribution in [1.82, 2.24) is 4.57 Å². The summed E-state index contributed by atoms with van der Waals surface area (Å²) in [6.45, 7) is 0.692. The standard InChI is InChI=1S/C14H17BrN2/c1-17-10-4-7-14(17)12(8-9-16)11-5-2-3-6-13(11)15/h2-7,10,12H,8-9,16H2,1H3. The SMILES string of the molecule is Cn1cccc1C(CCN)c1ccccc1Br. The summed E-state index contributed by atoms with van der Waals surface area (Å²) >= 11 is 3.63. The molecule has 0 radical (unpaired) electrons. The first-order valence-corrected chi connectivity index (χ1v) is 6.59. The molecule has 0 aliphatic carbocycles. The average Bonchev–Trinajstić information content (AvgIpc) is 2.74. The van der Waals surface area contributed by atoms with E-state index in [0.29, 0.717) is 12.5 Å². The molecule has 1 unspecified atom stereocenters. The summed E-state index contributed by atoms with van der Waals surface area (Å²) in [5.41, 5.74) is 8.36. The molecule has 2 nitrogen and oxygen atoms in total. The van der Waals surface area contributed by atoms with Crippen LogP contribution in [0.1, 0.15) is 23.6 Å². The van der Waals surface area contributed by atoms with Gasteiger partial charge in [-0.1, -0.05) is 34.1 Å². The highest BCUT2D eigenvalue weighted by Crippen LogP contribution is 2.32. The normalized spacial score (nSPS) is 12.6. The maximum atomic E-state index is 5.75. The number of aromatic nitrogens is 1. The van der Waals surface area contributed by atoms with Gasteiger partial charge in [0.2, 0.25) is 0 Å². The van der Waals surface area contributed by atoms with E-state index in [0.717, 1.165) is 10.9 Å². The smallest absolute Gasteiger partial charge is 0.0266 e. The Kier molecular flexibility index (Phi) is 4.02. The zero-order valence-electron chi connectivity index (χ0n) is 9.94. The summed E-state index contributed by atoms with van der Waals surface area (Å²) in [6, 6.07) is 12.6. The largest absolute Gasteiger partial charge is 0.354 e. The lowest BCUT2D eigenvalue weighted by atomic mass is 9.92. The molecule has 17 heavy (non-hydrogen) atoms. The molecule has 0 aliphatic heterocycles. The van der Waals surface area contributed by atoms with Crippen LogP contribution in [0.15, 0.2) is 47.1 Å². The van der Waals surface area contributed by atoms with Crippen molar-refractivity contribution in [3.05, 3.63) is 58.3 Å². The predicted molar refractivity (Wildman–Crippen MR) is 75.1 cm³/mol. The first kappa shape index (κ1) is 12.4. The van der Waals surface area contributed by atoms with Gasteiger partial charge in [0.15, 0.2) is 0 Å². The van der Waals surface area contributed by atoms with Gasteiger partial charge >= 0.3 is 0 Å². The number of benzene rings is 1. The molecule has 0 fully saturated rings. The Morgan fingerprint density at radius 2 is 2.00 bits per heavy atom. The van der Waals surface area contributed by atoms with E-state index in [-0.39, 0.29) is 0 Å². The van der Waals surface area contributed by atoms with Gasteiger partial charge in [0, 0.05) is 29.3 Å². The summed E-state index contributed by atoms with van der Waals surface area (Å²) in [6.07, 6.45) is 3.04. The molecular formula is C14H17BrN2. The van der Waals surface area contributed by atoms with Crippen molar-refractivity contribution in [2.75, 3.05) is 6.54 Å². The first-order valence-electron chi connectivity index (χ1n) is 5.79. The van der Waals surface area contributed by atoms with E-state index >= 15 is 0 Å². The Hall–Kier alpha value is -1.06. The fraction of sp³-hybridized carbons (Fsp3) is 0.286. The lowest BCUT2D eigenvalue weighted by molar-refractivity contribution is 0.667. The molecule has 3 heteroatoms. The van der Waals surface area contributed by atoms with E-state index in [1.165, 1.54) is 11.3 Å². The summed E-state index contributed by atoms with van der Waals surface area (Å²) in [7, 11) is 2.08. The first-order chi connectivity index (χ1) is 8.24. The second-order valence-electron chi connectivity index (χ2n) is 4.20. The minimum absolute atomic E-state index is 0.357. The Morgan fingerprint density at radius 1 is 1.24 bits per heavy atom. The molecule has 1 heterocycles. The molecule has 1 atom stereocenters. The van der Waals surface area contributed by atoms with Gasteiger partial charge in [-0.05, 0) is 36.7 Å². The van der Waals surface area contributed by atoms with E-state index in [9.17, 15) is 0 Å².